The first kappa shape index (κ1) is 20.4. The van der Waals surface area contributed by atoms with Gasteiger partial charge in [0.1, 0.15) is 11.5 Å². The molecule has 0 saturated carbocycles. The predicted octanol–water partition coefficient (Wildman–Crippen LogP) is 2.46. The lowest BCUT2D eigenvalue weighted by atomic mass is 9.59. The molecule has 0 bridgehead atoms. The lowest BCUT2D eigenvalue weighted by Gasteiger charge is -2.42. The first-order valence-electron chi connectivity index (χ1n) is 10.6. The standard InChI is InChI=1S/C25H23NO6/c1-11-8-18(28)22-17(23(11)29)10-16-13(6-7-15-21(16)25(31)26(2)24(15)30)20(22)14-5-4-12(27)9-19(14)32-3/h4-6,8-9,15-16,20-21,27H,7,10H2,1-3H3. The quantitative estimate of drug-likeness (QED) is 0.437. The molecule has 4 atom stereocenters. The molecule has 7 heteroatoms. The summed E-state index contributed by atoms with van der Waals surface area (Å²) in [5.74, 6) is -2.41. The van der Waals surface area contributed by atoms with Gasteiger partial charge in [0.25, 0.3) is 0 Å². The molecule has 4 unspecified atom stereocenters. The summed E-state index contributed by atoms with van der Waals surface area (Å²) in [5.41, 5.74) is 2.69. The van der Waals surface area contributed by atoms with Crippen LogP contribution >= 0.6 is 0 Å². The Labute approximate surface area is 185 Å². The van der Waals surface area contributed by atoms with E-state index >= 15 is 0 Å². The van der Waals surface area contributed by atoms with Crippen LogP contribution in [0.3, 0.4) is 0 Å². The van der Waals surface area contributed by atoms with Crippen LogP contribution in [0.5, 0.6) is 11.5 Å². The molecule has 32 heavy (non-hydrogen) atoms. The topological polar surface area (TPSA) is 101 Å². The third-order valence-corrected chi connectivity index (χ3v) is 7.31. The number of hydrogen-bond acceptors (Lipinski definition) is 6. The average Bonchev–Trinajstić information content (AvgIpc) is 3.00. The summed E-state index contributed by atoms with van der Waals surface area (Å²) >= 11 is 0. The van der Waals surface area contributed by atoms with Gasteiger partial charge in [-0.25, -0.2) is 0 Å². The minimum atomic E-state index is -0.588. The van der Waals surface area contributed by atoms with E-state index in [1.165, 1.54) is 37.3 Å². The molecule has 0 aromatic heterocycles. The second-order valence-electron chi connectivity index (χ2n) is 8.89. The van der Waals surface area contributed by atoms with Gasteiger partial charge in [-0.2, -0.15) is 0 Å². The Kier molecular flexibility index (Phi) is 4.48. The summed E-state index contributed by atoms with van der Waals surface area (Å²) in [6, 6.07) is 4.68. The first-order chi connectivity index (χ1) is 15.2. The minimum absolute atomic E-state index is 0.0184. The van der Waals surface area contributed by atoms with Gasteiger partial charge in [-0.1, -0.05) is 17.7 Å². The van der Waals surface area contributed by atoms with Crippen molar-refractivity contribution in [3.8, 4) is 11.5 Å². The Morgan fingerprint density at radius 3 is 2.56 bits per heavy atom. The van der Waals surface area contributed by atoms with Crippen molar-refractivity contribution >= 4 is 23.4 Å². The second-order valence-corrected chi connectivity index (χ2v) is 8.89. The number of allylic oxidation sites excluding steroid dienone is 6. The van der Waals surface area contributed by atoms with Crippen LogP contribution in [0.1, 0.15) is 31.2 Å². The van der Waals surface area contributed by atoms with E-state index in [1.54, 1.807) is 13.0 Å². The summed E-state index contributed by atoms with van der Waals surface area (Å²) in [7, 11) is 2.98. The molecule has 5 rings (SSSR count). The zero-order chi connectivity index (χ0) is 22.9. The lowest BCUT2D eigenvalue weighted by Crippen LogP contribution is -2.39. The number of ether oxygens (including phenoxy) is 1. The highest BCUT2D eigenvalue weighted by Gasteiger charge is 2.55. The number of methoxy groups -OCH3 is 1. The molecule has 1 aromatic rings. The number of rotatable bonds is 2. The monoisotopic (exact) mass is 433 g/mol. The Morgan fingerprint density at radius 2 is 1.84 bits per heavy atom. The number of Topliss-reactive ketones (excluding diaryl/α,β-unsaturated/α-hetero) is 1. The maximum Gasteiger partial charge on any atom is 0.233 e. The van der Waals surface area contributed by atoms with Gasteiger partial charge in [0, 0.05) is 41.3 Å². The van der Waals surface area contributed by atoms with Crippen molar-refractivity contribution in [3.63, 3.8) is 0 Å². The average molecular weight is 433 g/mol. The number of likely N-dealkylation sites (tertiary alicyclic amines) is 1. The van der Waals surface area contributed by atoms with Crippen LogP contribution in [-0.4, -0.2) is 47.5 Å². The SMILES string of the molecule is COc1cc(O)ccc1C1C2=CCC3C(=O)N(C)C(=O)C3C2CC2=C1C(=O)C=C(C)C2=O. The molecule has 0 radical (unpaired) electrons. The number of aromatic hydroxyl groups is 1. The van der Waals surface area contributed by atoms with Crippen molar-refractivity contribution in [2.45, 2.75) is 25.7 Å². The van der Waals surface area contributed by atoms with Crippen molar-refractivity contribution in [2.75, 3.05) is 14.2 Å². The van der Waals surface area contributed by atoms with Crippen LogP contribution in [0.15, 0.2) is 52.6 Å². The van der Waals surface area contributed by atoms with Gasteiger partial charge in [0.2, 0.25) is 11.8 Å². The molecule has 1 aliphatic heterocycles. The molecule has 3 aliphatic carbocycles. The summed E-state index contributed by atoms with van der Waals surface area (Å²) in [4.78, 5) is 53.2. The number of carbonyl (C=O) groups is 4. The number of ketones is 2. The van der Waals surface area contributed by atoms with Crippen LogP contribution in [0.2, 0.25) is 0 Å². The van der Waals surface area contributed by atoms with Gasteiger partial charge in [-0.3, -0.25) is 24.1 Å². The number of phenols is 1. The summed E-state index contributed by atoms with van der Waals surface area (Å²) in [5, 5.41) is 9.95. The van der Waals surface area contributed by atoms with Crippen LogP contribution in [0.25, 0.3) is 0 Å². The third kappa shape index (κ3) is 2.66. The summed E-state index contributed by atoms with van der Waals surface area (Å²) in [6.45, 7) is 1.62. The van der Waals surface area contributed by atoms with Gasteiger partial charge in [-0.15, -0.1) is 0 Å². The smallest absolute Gasteiger partial charge is 0.233 e. The fraction of sp³-hybridized carbons (Fsp3) is 0.360. The van der Waals surface area contributed by atoms with E-state index in [-0.39, 0.29) is 41.5 Å². The molecule has 164 valence electrons. The zero-order valence-electron chi connectivity index (χ0n) is 18.0. The molecular formula is C25H23NO6. The maximum absolute atomic E-state index is 13.2. The lowest BCUT2D eigenvalue weighted by molar-refractivity contribution is -0.138. The fourth-order valence-corrected chi connectivity index (χ4v) is 5.83. The molecule has 7 nitrogen and oxygen atoms in total. The van der Waals surface area contributed by atoms with Crippen LogP contribution in [0.4, 0.5) is 0 Å². The number of hydrogen-bond donors (Lipinski definition) is 1. The highest BCUT2D eigenvalue weighted by molar-refractivity contribution is 6.23. The van der Waals surface area contributed by atoms with Gasteiger partial charge in [0.05, 0.1) is 18.9 Å². The molecule has 1 heterocycles. The van der Waals surface area contributed by atoms with E-state index in [1.807, 2.05) is 6.08 Å². The molecule has 1 aromatic carbocycles. The number of nitrogens with zero attached hydrogens (tertiary/aromatic N) is 1. The van der Waals surface area contributed by atoms with Crippen LogP contribution in [0, 0.1) is 17.8 Å². The Morgan fingerprint density at radius 1 is 1.09 bits per heavy atom. The van der Waals surface area contributed by atoms with E-state index in [4.69, 9.17) is 4.74 Å². The van der Waals surface area contributed by atoms with Crippen molar-refractivity contribution in [2.24, 2.45) is 17.8 Å². The fourth-order valence-electron chi connectivity index (χ4n) is 5.83. The second kappa shape index (κ2) is 7.02. The van der Waals surface area contributed by atoms with E-state index in [9.17, 15) is 24.3 Å². The number of carbonyl (C=O) groups excluding carboxylic acids is 4. The van der Waals surface area contributed by atoms with E-state index in [0.29, 0.717) is 34.5 Å². The van der Waals surface area contributed by atoms with Crippen molar-refractivity contribution in [3.05, 3.63) is 58.2 Å². The first-order valence-corrected chi connectivity index (χ1v) is 10.6. The normalized spacial score (nSPS) is 29.4. The summed E-state index contributed by atoms with van der Waals surface area (Å²) < 4.78 is 5.51. The Hall–Kier alpha value is -3.48. The van der Waals surface area contributed by atoms with E-state index in [2.05, 4.69) is 0 Å². The number of benzene rings is 1. The highest BCUT2D eigenvalue weighted by Crippen LogP contribution is 2.56. The largest absolute Gasteiger partial charge is 0.508 e. The van der Waals surface area contributed by atoms with E-state index < -0.39 is 17.8 Å². The number of imide groups is 1. The zero-order valence-corrected chi connectivity index (χ0v) is 18.0. The highest BCUT2D eigenvalue weighted by atomic mass is 16.5. The van der Waals surface area contributed by atoms with Crippen LogP contribution < -0.4 is 4.74 Å². The number of phenolic OH excluding ortho intramolecular Hbond substituents is 1. The molecule has 0 spiro atoms. The van der Waals surface area contributed by atoms with Crippen molar-refractivity contribution in [1.82, 2.24) is 4.90 Å². The number of amides is 2. The van der Waals surface area contributed by atoms with Gasteiger partial charge in [0.15, 0.2) is 11.6 Å². The third-order valence-electron chi connectivity index (χ3n) is 7.31. The van der Waals surface area contributed by atoms with Crippen molar-refractivity contribution < 1.29 is 29.0 Å². The molecule has 2 amide bonds. The summed E-state index contributed by atoms with van der Waals surface area (Å²) in [6.07, 6.45) is 3.98. The van der Waals surface area contributed by atoms with Crippen LogP contribution in [-0.2, 0) is 19.2 Å². The van der Waals surface area contributed by atoms with Crippen molar-refractivity contribution in [1.29, 1.82) is 0 Å². The van der Waals surface area contributed by atoms with E-state index in [0.717, 1.165) is 5.57 Å². The predicted molar refractivity (Wildman–Crippen MR) is 114 cm³/mol. The Bertz CT molecular complexity index is 1200. The minimum Gasteiger partial charge on any atom is -0.508 e. The molecule has 1 fully saturated rings. The van der Waals surface area contributed by atoms with Gasteiger partial charge in [-0.05, 0) is 37.8 Å². The number of fused-ring (bicyclic) bond motifs is 3. The molecular weight excluding hydrogens is 410 g/mol. The maximum atomic E-state index is 13.2. The molecule has 1 saturated heterocycles. The van der Waals surface area contributed by atoms with Gasteiger partial charge >= 0.3 is 0 Å². The Balaban J connectivity index is 1.74. The molecule has 1 N–H and O–H groups in total. The molecule has 4 aliphatic rings. The van der Waals surface area contributed by atoms with Gasteiger partial charge < -0.3 is 9.84 Å².